The normalized spacial score (nSPS) is 16.0. The lowest BCUT2D eigenvalue weighted by molar-refractivity contribution is -0.124. The first-order valence-corrected chi connectivity index (χ1v) is 9.97. The van der Waals surface area contributed by atoms with Gasteiger partial charge in [0.25, 0.3) is 0 Å². The van der Waals surface area contributed by atoms with E-state index in [0.717, 1.165) is 18.5 Å². The summed E-state index contributed by atoms with van der Waals surface area (Å²) in [5.74, 6) is 0.736. The first-order valence-electron chi connectivity index (χ1n) is 9.97. The van der Waals surface area contributed by atoms with Gasteiger partial charge < -0.3 is 19.3 Å². The molecule has 1 aliphatic heterocycles. The summed E-state index contributed by atoms with van der Waals surface area (Å²) >= 11 is 0. The van der Waals surface area contributed by atoms with Crippen molar-refractivity contribution in [3.05, 3.63) is 48.5 Å². The molecule has 3 rings (SSSR count). The molecular formula is C23H28N2O4. The smallest absolute Gasteiger partial charge is 0.232 e. The molecule has 1 atom stereocenters. The zero-order chi connectivity index (χ0) is 20.8. The molecular weight excluding hydrogens is 368 g/mol. The third-order valence-electron chi connectivity index (χ3n) is 5.22. The maximum Gasteiger partial charge on any atom is 0.232 e. The SMILES string of the molecule is CCCCN(C(=O)C1CC(=O)N(c2ccc(OC)c(OC)c2)C1)c1ccccc1. The summed E-state index contributed by atoms with van der Waals surface area (Å²) in [4.78, 5) is 29.5. The Morgan fingerprint density at radius 1 is 1.10 bits per heavy atom. The summed E-state index contributed by atoms with van der Waals surface area (Å²) in [5, 5.41) is 0. The molecule has 1 fully saturated rings. The van der Waals surface area contributed by atoms with Crippen molar-refractivity contribution in [1.29, 1.82) is 0 Å². The fraction of sp³-hybridized carbons (Fsp3) is 0.391. The van der Waals surface area contributed by atoms with Crippen LogP contribution in [0.15, 0.2) is 48.5 Å². The van der Waals surface area contributed by atoms with Crippen LogP contribution in [0, 0.1) is 5.92 Å². The fourth-order valence-corrected chi connectivity index (χ4v) is 3.63. The summed E-state index contributed by atoms with van der Waals surface area (Å²) in [5.41, 5.74) is 1.59. The van der Waals surface area contributed by atoms with Crippen LogP contribution in [-0.2, 0) is 9.59 Å². The summed E-state index contributed by atoms with van der Waals surface area (Å²) in [7, 11) is 3.13. The molecule has 0 bridgehead atoms. The second-order valence-electron chi connectivity index (χ2n) is 7.12. The Morgan fingerprint density at radius 3 is 2.48 bits per heavy atom. The number of benzene rings is 2. The Labute approximate surface area is 172 Å². The van der Waals surface area contributed by atoms with E-state index in [1.165, 1.54) is 0 Å². The Morgan fingerprint density at radius 2 is 1.83 bits per heavy atom. The van der Waals surface area contributed by atoms with Gasteiger partial charge in [0, 0.05) is 37.0 Å². The van der Waals surface area contributed by atoms with Crippen LogP contribution in [0.5, 0.6) is 11.5 Å². The van der Waals surface area contributed by atoms with Gasteiger partial charge in [0.1, 0.15) is 0 Å². The molecule has 1 heterocycles. The number of nitrogens with zero attached hydrogens (tertiary/aromatic N) is 2. The van der Waals surface area contributed by atoms with Gasteiger partial charge in [0.05, 0.1) is 20.1 Å². The molecule has 6 nitrogen and oxygen atoms in total. The van der Waals surface area contributed by atoms with Crippen LogP contribution in [0.25, 0.3) is 0 Å². The molecule has 0 aliphatic carbocycles. The summed E-state index contributed by atoms with van der Waals surface area (Å²) in [6.45, 7) is 3.12. The largest absolute Gasteiger partial charge is 0.493 e. The fourth-order valence-electron chi connectivity index (χ4n) is 3.63. The predicted molar refractivity (Wildman–Crippen MR) is 114 cm³/mol. The molecule has 1 aliphatic rings. The number of carbonyl (C=O) groups is 2. The number of ether oxygens (including phenoxy) is 2. The Hall–Kier alpha value is -3.02. The zero-order valence-electron chi connectivity index (χ0n) is 17.3. The van der Waals surface area contributed by atoms with Crippen LogP contribution in [0.1, 0.15) is 26.2 Å². The van der Waals surface area contributed by atoms with Gasteiger partial charge in [0.2, 0.25) is 11.8 Å². The van der Waals surface area contributed by atoms with Crippen molar-refractivity contribution in [3.63, 3.8) is 0 Å². The van der Waals surface area contributed by atoms with Gasteiger partial charge in [-0.05, 0) is 30.7 Å². The third kappa shape index (κ3) is 4.53. The molecule has 154 valence electrons. The number of methoxy groups -OCH3 is 2. The molecule has 0 aromatic heterocycles. The quantitative estimate of drug-likeness (QED) is 0.679. The highest BCUT2D eigenvalue weighted by molar-refractivity contribution is 6.04. The molecule has 2 amide bonds. The molecule has 6 heteroatoms. The van der Waals surface area contributed by atoms with Crippen LogP contribution in [0.4, 0.5) is 11.4 Å². The van der Waals surface area contributed by atoms with Gasteiger partial charge in [-0.1, -0.05) is 31.5 Å². The molecule has 2 aromatic carbocycles. The van der Waals surface area contributed by atoms with Crippen molar-refractivity contribution in [2.45, 2.75) is 26.2 Å². The van der Waals surface area contributed by atoms with E-state index in [-0.39, 0.29) is 24.2 Å². The molecule has 0 spiro atoms. The standard InChI is InChI=1S/C23H28N2O4/c1-4-5-13-24(18-9-7-6-8-10-18)23(27)17-14-22(26)25(16-17)19-11-12-20(28-2)21(15-19)29-3/h6-12,15,17H,4-5,13-14,16H2,1-3H3. The van der Waals surface area contributed by atoms with Gasteiger partial charge in [-0.25, -0.2) is 0 Å². The van der Waals surface area contributed by atoms with Crippen molar-refractivity contribution in [2.75, 3.05) is 37.1 Å². The first kappa shape index (κ1) is 20.7. The van der Waals surface area contributed by atoms with Crippen LogP contribution in [0.2, 0.25) is 0 Å². The minimum absolute atomic E-state index is 0.000904. The third-order valence-corrected chi connectivity index (χ3v) is 5.22. The highest BCUT2D eigenvalue weighted by Gasteiger charge is 2.37. The molecule has 1 unspecified atom stereocenters. The van der Waals surface area contributed by atoms with Gasteiger partial charge in [0.15, 0.2) is 11.5 Å². The van der Waals surface area contributed by atoms with Crippen LogP contribution in [-0.4, -0.2) is 39.1 Å². The van der Waals surface area contributed by atoms with Gasteiger partial charge in [-0.2, -0.15) is 0 Å². The predicted octanol–water partition coefficient (Wildman–Crippen LogP) is 3.89. The van der Waals surface area contributed by atoms with Crippen LogP contribution >= 0.6 is 0 Å². The van der Waals surface area contributed by atoms with E-state index in [0.29, 0.717) is 30.3 Å². The van der Waals surface area contributed by atoms with Crippen molar-refractivity contribution >= 4 is 23.2 Å². The Bertz CT molecular complexity index is 853. The van der Waals surface area contributed by atoms with E-state index in [2.05, 4.69) is 6.92 Å². The van der Waals surface area contributed by atoms with E-state index in [1.807, 2.05) is 41.3 Å². The lowest BCUT2D eigenvalue weighted by Crippen LogP contribution is -2.38. The Balaban J connectivity index is 1.80. The van der Waals surface area contributed by atoms with Gasteiger partial charge in [-0.3, -0.25) is 9.59 Å². The molecule has 0 saturated carbocycles. The van der Waals surface area contributed by atoms with Crippen molar-refractivity contribution in [3.8, 4) is 11.5 Å². The summed E-state index contributed by atoms with van der Waals surface area (Å²) in [6.07, 6.45) is 2.13. The number of unbranched alkanes of at least 4 members (excludes halogenated alkanes) is 1. The number of amides is 2. The van der Waals surface area contributed by atoms with E-state index < -0.39 is 0 Å². The average Bonchev–Trinajstić information content (AvgIpc) is 3.15. The van der Waals surface area contributed by atoms with Gasteiger partial charge >= 0.3 is 0 Å². The average molecular weight is 396 g/mol. The minimum Gasteiger partial charge on any atom is -0.493 e. The lowest BCUT2D eigenvalue weighted by Gasteiger charge is -2.26. The van der Waals surface area contributed by atoms with Crippen LogP contribution in [0.3, 0.4) is 0 Å². The van der Waals surface area contributed by atoms with Crippen molar-refractivity contribution in [2.24, 2.45) is 5.92 Å². The van der Waals surface area contributed by atoms with E-state index in [1.54, 1.807) is 31.3 Å². The highest BCUT2D eigenvalue weighted by atomic mass is 16.5. The maximum absolute atomic E-state index is 13.3. The molecule has 0 radical (unpaired) electrons. The van der Waals surface area contributed by atoms with Crippen molar-refractivity contribution < 1.29 is 19.1 Å². The zero-order valence-corrected chi connectivity index (χ0v) is 17.3. The second kappa shape index (κ2) is 9.45. The van der Waals surface area contributed by atoms with Crippen molar-refractivity contribution in [1.82, 2.24) is 0 Å². The van der Waals surface area contributed by atoms with E-state index >= 15 is 0 Å². The molecule has 29 heavy (non-hydrogen) atoms. The Kier molecular flexibility index (Phi) is 6.75. The van der Waals surface area contributed by atoms with Gasteiger partial charge in [-0.15, -0.1) is 0 Å². The molecule has 2 aromatic rings. The number of hydrogen-bond donors (Lipinski definition) is 0. The topological polar surface area (TPSA) is 59.1 Å². The number of carbonyl (C=O) groups excluding carboxylic acids is 2. The van der Waals surface area contributed by atoms with E-state index in [4.69, 9.17) is 9.47 Å². The number of para-hydroxylation sites is 1. The second-order valence-corrected chi connectivity index (χ2v) is 7.12. The highest BCUT2D eigenvalue weighted by Crippen LogP contribution is 2.34. The molecule has 1 saturated heterocycles. The first-order chi connectivity index (χ1) is 14.1. The number of hydrogen-bond acceptors (Lipinski definition) is 4. The maximum atomic E-state index is 13.3. The minimum atomic E-state index is -0.368. The number of anilines is 2. The summed E-state index contributed by atoms with van der Waals surface area (Å²) in [6, 6.07) is 15.0. The monoisotopic (exact) mass is 396 g/mol. The van der Waals surface area contributed by atoms with E-state index in [9.17, 15) is 9.59 Å². The van der Waals surface area contributed by atoms with Crippen LogP contribution < -0.4 is 19.3 Å². The summed E-state index contributed by atoms with van der Waals surface area (Å²) < 4.78 is 10.6. The lowest BCUT2D eigenvalue weighted by atomic mass is 10.1. The number of rotatable bonds is 8. The molecule has 0 N–H and O–H groups in total.